The van der Waals surface area contributed by atoms with Crippen LogP contribution in [0.15, 0.2) is 48.7 Å². The lowest BCUT2D eigenvalue weighted by atomic mass is 10.3. The molecule has 1 aromatic carbocycles. The summed E-state index contributed by atoms with van der Waals surface area (Å²) in [6.07, 6.45) is 2.05. The summed E-state index contributed by atoms with van der Waals surface area (Å²) in [5.41, 5.74) is 0.798. The number of aromatic nitrogens is 1. The standard InChI is InChI=1S/C15H13ClN2O2/c16-11-8-15(19)18(10-11)12-4-3-5-13(9-12)20-14-6-1-2-7-17-14/h1-7,9,11H,8,10H2. The average Bonchev–Trinajstić information content (AvgIpc) is 2.79. The Balaban J connectivity index is 1.81. The zero-order chi connectivity index (χ0) is 13.9. The number of halogens is 1. The number of amides is 1. The number of benzene rings is 1. The maximum Gasteiger partial charge on any atom is 0.228 e. The van der Waals surface area contributed by atoms with Crippen LogP contribution in [0.3, 0.4) is 0 Å². The molecule has 1 atom stereocenters. The predicted molar refractivity (Wildman–Crippen MR) is 77.4 cm³/mol. The summed E-state index contributed by atoms with van der Waals surface area (Å²) in [7, 11) is 0. The van der Waals surface area contributed by atoms with Crippen molar-refractivity contribution in [1.82, 2.24) is 4.98 Å². The van der Waals surface area contributed by atoms with Crippen LogP contribution in [0.4, 0.5) is 5.69 Å². The Bertz CT molecular complexity index is 618. The van der Waals surface area contributed by atoms with Crippen LogP contribution in [0.2, 0.25) is 0 Å². The van der Waals surface area contributed by atoms with Gasteiger partial charge in [0, 0.05) is 37.0 Å². The molecule has 1 aliphatic heterocycles. The highest BCUT2D eigenvalue weighted by molar-refractivity contribution is 6.24. The molecular weight excluding hydrogens is 276 g/mol. The molecule has 1 saturated heterocycles. The van der Waals surface area contributed by atoms with Gasteiger partial charge < -0.3 is 9.64 Å². The van der Waals surface area contributed by atoms with Crippen molar-refractivity contribution in [2.24, 2.45) is 0 Å². The number of hydrogen-bond acceptors (Lipinski definition) is 3. The van der Waals surface area contributed by atoms with Crippen molar-refractivity contribution in [3.8, 4) is 11.6 Å². The molecule has 20 heavy (non-hydrogen) atoms. The number of alkyl halides is 1. The minimum Gasteiger partial charge on any atom is -0.439 e. The number of ether oxygens (including phenoxy) is 1. The molecule has 0 N–H and O–H groups in total. The van der Waals surface area contributed by atoms with Gasteiger partial charge in [0.15, 0.2) is 0 Å². The molecule has 1 amide bonds. The van der Waals surface area contributed by atoms with Gasteiger partial charge in [0.1, 0.15) is 5.75 Å². The largest absolute Gasteiger partial charge is 0.439 e. The number of rotatable bonds is 3. The molecule has 0 bridgehead atoms. The van der Waals surface area contributed by atoms with E-state index in [4.69, 9.17) is 16.3 Å². The molecule has 0 saturated carbocycles. The van der Waals surface area contributed by atoms with Crippen molar-refractivity contribution in [1.29, 1.82) is 0 Å². The summed E-state index contributed by atoms with van der Waals surface area (Å²) in [5, 5.41) is -0.122. The number of carbonyl (C=O) groups is 1. The van der Waals surface area contributed by atoms with Crippen LogP contribution in [-0.4, -0.2) is 22.8 Å². The van der Waals surface area contributed by atoms with E-state index in [9.17, 15) is 4.79 Å². The third-order valence-electron chi connectivity index (χ3n) is 3.07. The third kappa shape index (κ3) is 2.75. The highest BCUT2D eigenvalue weighted by Crippen LogP contribution is 2.28. The lowest BCUT2D eigenvalue weighted by Gasteiger charge is -2.16. The second-order valence-electron chi connectivity index (χ2n) is 4.57. The van der Waals surface area contributed by atoms with Crippen LogP contribution in [0, 0.1) is 0 Å². The first-order chi connectivity index (χ1) is 9.72. The molecular formula is C15H13ClN2O2. The molecule has 0 spiro atoms. The first kappa shape index (κ1) is 12.9. The summed E-state index contributed by atoms with van der Waals surface area (Å²) >= 11 is 6.02. The highest BCUT2D eigenvalue weighted by atomic mass is 35.5. The van der Waals surface area contributed by atoms with E-state index in [1.165, 1.54) is 0 Å². The van der Waals surface area contributed by atoms with E-state index in [0.717, 1.165) is 5.69 Å². The smallest absolute Gasteiger partial charge is 0.228 e. The minimum absolute atomic E-state index is 0.0417. The van der Waals surface area contributed by atoms with Gasteiger partial charge in [0.25, 0.3) is 0 Å². The maximum atomic E-state index is 11.8. The Labute approximate surface area is 122 Å². The van der Waals surface area contributed by atoms with E-state index in [2.05, 4.69) is 4.98 Å². The van der Waals surface area contributed by atoms with Crippen molar-refractivity contribution < 1.29 is 9.53 Å². The van der Waals surface area contributed by atoms with E-state index in [1.807, 2.05) is 36.4 Å². The first-order valence-corrected chi connectivity index (χ1v) is 6.79. The van der Waals surface area contributed by atoms with Crippen molar-refractivity contribution in [3.63, 3.8) is 0 Å². The van der Waals surface area contributed by atoms with E-state index in [-0.39, 0.29) is 11.3 Å². The zero-order valence-corrected chi connectivity index (χ0v) is 11.5. The SMILES string of the molecule is O=C1CC(Cl)CN1c1cccc(Oc2ccccn2)c1. The fourth-order valence-corrected chi connectivity index (χ4v) is 2.43. The molecule has 1 aliphatic rings. The Morgan fingerprint density at radius 2 is 2.15 bits per heavy atom. The molecule has 1 fully saturated rings. The highest BCUT2D eigenvalue weighted by Gasteiger charge is 2.29. The van der Waals surface area contributed by atoms with Crippen molar-refractivity contribution in [2.45, 2.75) is 11.8 Å². The van der Waals surface area contributed by atoms with Crippen LogP contribution in [0.1, 0.15) is 6.42 Å². The molecule has 102 valence electrons. The number of carbonyl (C=O) groups excluding carboxylic acids is 1. The Hall–Kier alpha value is -2.07. The quantitative estimate of drug-likeness (QED) is 0.815. The summed E-state index contributed by atoms with van der Waals surface area (Å²) in [5.74, 6) is 1.21. The predicted octanol–water partition coefficient (Wildman–Crippen LogP) is 3.22. The fraction of sp³-hybridized carbons (Fsp3) is 0.200. The molecule has 0 radical (unpaired) electrons. The minimum atomic E-state index is -0.122. The summed E-state index contributed by atoms with van der Waals surface area (Å²) in [6.45, 7) is 0.535. The van der Waals surface area contributed by atoms with Gasteiger partial charge in [-0.2, -0.15) is 0 Å². The number of anilines is 1. The van der Waals surface area contributed by atoms with Crippen LogP contribution in [0.5, 0.6) is 11.6 Å². The van der Waals surface area contributed by atoms with Gasteiger partial charge in [0.2, 0.25) is 11.8 Å². The molecule has 2 aromatic rings. The Morgan fingerprint density at radius 1 is 1.25 bits per heavy atom. The van der Waals surface area contributed by atoms with Crippen LogP contribution >= 0.6 is 11.6 Å². The van der Waals surface area contributed by atoms with Crippen LogP contribution < -0.4 is 9.64 Å². The molecule has 0 aliphatic carbocycles. The van der Waals surface area contributed by atoms with E-state index >= 15 is 0 Å². The molecule has 1 unspecified atom stereocenters. The van der Waals surface area contributed by atoms with E-state index in [0.29, 0.717) is 24.6 Å². The monoisotopic (exact) mass is 288 g/mol. The van der Waals surface area contributed by atoms with E-state index in [1.54, 1.807) is 17.2 Å². The average molecular weight is 289 g/mol. The topological polar surface area (TPSA) is 42.4 Å². The third-order valence-corrected chi connectivity index (χ3v) is 3.36. The zero-order valence-electron chi connectivity index (χ0n) is 10.7. The van der Waals surface area contributed by atoms with Crippen molar-refractivity contribution in [2.75, 3.05) is 11.4 Å². The van der Waals surface area contributed by atoms with E-state index < -0.39 is 0 Å². The second kappa shape index (κ2) is 5.51. The molecule has 1 aromatic heterocycles. The normalized spacial score (nSPS) is 18.4. The number of hydrogen-bond donors (Lipinski definition) is 0. The molecule has 3 rings (SSSR count). The van der Waals surface area contributed by atoms with Gasteiger partial charge in [-0.3, -0.25) is 4.79 Å². The molecule has 4 nitrogen and oxygen atoms in total. The summed E-state index contributed by atoms with van der Waals surface area (Å²) in [4.78, 5) is 17.6. The van der Waals surface area contributed by atoms with Crippen molar-refractivity contribution >= 4 is 23.2 Å². The first-order valence-electron chi connectivity index (χ1n) is 6.36. The molecule has 5 heteroatoms. The van der Waals surface area contributed by atoms with Gasteiger partial charge in [-0.25, -0.2) is 4.98 Å². The summed E-state index contributed by atoms with van der Waals surface area (Å²) < 4.78 is 5.66. The van der Waals surface area contributed by atoms with Gasteiger partial charge in [0.05, 0.1) is 5.38 Å². The number of pyridine rings is 1. The maximum absolute atomic E-state index is 11.8. The Morgan fingerprint density at radius 3 is 2.85 bits per heavy atom. The fourth-order valence-electron chi connectivity index (χ4n) is 2.16. The molecule has 2 heterocycles. The van der Waals surface area contributed by atoms with Gasteiger partial charge in [-0.1, -0.05) is 12.1 Å². The summed E-state index contributed by atoms with van der Waals surface area (Å²) in [6, 6.07) is 12.8. The van der Waals surface area contributed by atoms with Crippen LogP contribution in [0.25, 0.3) is 0 Å². The van der Waals surface area contributed by atoms with Gasteiger partial charge in [-0.15, -0.1) is 11.6 Å². The van der Waals surface area contributed by atoms with Crippen molar-refractivity contribution in [3.05, 3.63) is 48.7 Å². The lowest BCUT2D eigenvalue weighted by Crippen LogP contribution is -2.24. The second-order valence-corrected chi connectivity index (χ2v) is 5.19. The van der Waals surface area contributed by atoms with Gasteiger partial charge >= 0.3 is 0 Å². The number of nitrogens with zero attached hydrogens (tertiary/aromatic N) is 2. The Kier molecular flexibility index (Phi) is 3.56. The van der Waals surface area contributed by atoms with Crippen LogP contribution in [-0.2, 0) is 4.79 Å². The lowest BCUT2D eigenvalue weighted by molar-refractivity contribution is -0.117. The van der Waals surface area contributed by atoms with Gasteiger partial charge in [-0.05, 0) is 18.2 Å².